The number of ketones is 2. The van der Waals surface area contributed by atoms with E-state index < -0.39 is 10.9 Å². The molecule has 502 valence electrons. The molecule has 95 heavy (non-hydrogen) atoms. The van der Waals surface area contributed by atoms with Crippen LogP contribution in [-0.4, -0.2) is 51.8 Å². The first-order chi connectivity index (χ1) is 43.7. The molecule has 11 aromatic rings. The monoisotopic (exact) mass is 1360 g/mol. The number of carbonyl (C=O) groups is 3. The van der Waals surface area contributed by atoms with Crippen molar-refractivity contribution >= 4 is 88.7 Å². The van der Waals surface area contributed by atoms with Crippen LogP contribution in [0.3, 0.4) is 0 Å². The maximum atomic E-state index is 12.0. The minimum Gasteiger partial charge on any atom is -0.508 e. The summed E-state index contributed by atoms with van der Waals surface area (Å²) in [6.45, 7) is 10.9. The molecule has 0 amide bonds. The Balaban J connectivity index is 0.000000388. The molecule has 0 aliphatic carbocycles. The van der Waals surface area contributed by atoms with E-state index in [0.717, 1.165) is 79.8 Å². The summed E-state index contributed by atoms with van der Waals surface area (Å²) in [6, 6.07) is 51.2. The van der Waals surface area contributed by atoms with Gasteiger partial charge in [0.2, 0.25) is 0 Å². The first-order valence-electron chi connectivity index (χ1n) is 28.8. The number of hydrogen-bond donors (Lipinski definition) is 2. The number of carbonyl (C=O) groups excluding carboxylic acids is 3. The molecule has 0 aliphatic rings. The highest BCUT2D eigenvalue weighted by Gasteiger charge is 2.21. The van der Waals surface area contributed by atoms with Gasteiger partial charge in [-0.2, -0.15) is 0 Å². The molecule has 11 rings (SSSR count). The van der Waals surface area contributed by atoms with Crippen LogP contribution < -0.4 is 20.7 Å². The number of nitro benzene ring substituents is 2. The van der Waals surface area contributed by atoms with Gasteiger partial charge in [0.25, 0.3) is 11.4 Å². The third kappa shape index (κ3) is 22.0. The highest BCUT2D eigenvalue weighted by molar-refractivity contribution is 9.10. The van der Waals surface area contributed by atoms with Crippen LogP contribution in [0, 0.1) is 20.2 Å². The molecule has 8 aromatic carbocycles. The number of hydrogen-bond acceptors (Lipinski definition) is 17. The first kappa shape index (κ1) is 80.4. The number of rotatable bonds is 14. The number of aromatic hydroxyl groups is 2. The highest BCUT2D eigenvalue weighted by Crippen LogP contribution is 2.36. The number of esters is 1. The lowest BCUT2D eigenvalue weighted by molar-refractivity contribution is -0.386. The van der Waals surface area contributed by atoms with Crippen molar-refractivity contribution in [3.05, 3.63) is 266 Å². The lowest BCUT2D eigenvalue weighted by Gasteiger charge is -2.10. The Kier molecular flexibility index (Phi) is 33.0. The average Bonchev–Trinajstić information content (AvgIpc) is 1.67. The molecule has 19 nitrogen and oxygen atoms in total. The first-order valence-corrected chi connectivity index (χ1v) is 29.6. The van der Waals surface area contributed by atoms with Gasteiger partial charge in [-0.05, 0) is 94.7 Å². The van der Waals surface area contributed by atoms with Crippen molar-refractivity contribution in [3.63, 3.8) is 0 Å². The molecule has 0 atom stereocenters. The van der Waals surface area contributed by atoms with E-state index in [1.807, 2.05) is 143 Å². The van der Waals surface area contributed by atoms with Gasteiger partial charge in [-0.1, -0.05) is 167 Å². The minimum absolute atomic E-state index is 0. The Morgan fingerprint density at radius 1 is 0.484 bits per heavy atom. The van der Waals surface area contributed by atoms with Crippen molar-refractivity contribution in [2.24, 2.45) is 0 Å². The van der Waals surface area contributed by atoms with Crippen LogP contribution >= 0.6 is 15.9 Å². The fraction of sp³-hybridized carbons (Fsp3) is 0.240. The number of benzene rings is 8. The molecule has 0 saturated heterocycles. The molecule has 20 heteroatoms. The second-order valence-electron chi connectivity index (χ2n) is 19.8. The van der Waals surface area contributed by atoms with Crippen molar-refractivity contribution in [2.45, 2.75) is 110 Å². The topological polar surface area (TPSA) is 279 Å². The van der Waals surface area contributed by atoms with Gasteiger partial charge in [0.1, 0.15) is 40.4 Å². The Morgan fingerprint density at radius 2 is 0.979 bits per heavy atom. The van der Waals surface area contributed by atoms with Gasteiger partial charge in [0.15, 0.2) is 23.1 Å². The number of nitrogens with zero attached hydrogens (tertiary/aromatic N) is 2. The van der Waals surface area contributed by atoms with E-state index >= 15 is 0 Å². The largest absolute Gasteiger partial charge is 0.508 e. The molecule has 0 bridgehead atoms. The number of Topliss-reactive ketones (excluding diaryl/α,β-unsaturated/α-hetero) is 1. The molecule has 2 N–H and O–H groups in total. The number of phenolic OH excluding ortho intramolecular Hbond substituents is 2. The molecule has 0 spiro atoms. The number of halogens is 1. The highest BCUT2D eigenvalue weighted by atomic mass is 79.9. The average molecular weight is 1360 g/mol. The Labute approximate surface area is 561 Å². The second-order valence-corrected chi connectivity index (χ2v) is 20.7. The van der Waals surface area contributed by atoms with Crippen LogP contribution in [0.1, 0.15) is 132 Å². The zero-order valence-electron chi connectivity index (χ0n) is 51.3. The van der Waals surface area contributed by atoms with Crippen molar-refractivity contribution in [1.82, 2.24) is 0 Å². The van der Waals surface area contributed by atoms with E-state index in [2.05, 4.69) is 22.9 Å². The summed E-state index contributed by atoms with van der Waals surface area (Å²) in [6.07, 6.45) is 3.74. The fourth-order valence-electron chi connectivity index (χ4n) is 9.15. The van der Waals surface area contributed by atoms with E-state index in [9.17, 15) is 54.4 Å². The molecule has 0 radical (unpaired) electrons. The van der Waals surface area contributed by atoms with Crippen LogP contribution in [0.25, 0.3) is 43.9 Å². The van der Waals surface area contributed by atoms with Gasteiger partial charge in [-0.3, -0.25) is 34.6 Å². The number of ether oxygens (including phenoxy) is 3. The summed E-state index contributed by atoms with van der Waals surface area (Å²) in [5.41, 5.74) is 7.76. The summed E-state index contributed by atoms with van der Waals surface area (Å²) < 4.78 is 31.0. The number of phenols is 2. The summed E-state index contributed by atoms with van der Waals surface area (Å²) in [5.74, 6) is 0.539. The number of aryl methyl sites for hydroxylation is 4. The molecule has 0 aliphatic heterocycles. The minimum atomic E-state index is -0.569. The number of fused-ring (bicyclic) bond motifs is 5. The third-order valence-electron chi connectivity index (χ3n) is 13.9. The Bertz CT molecular complexity index is 4470. The van der Waals surface area contributed by atoms with Crippen LogP contribution in [0.5, 0.6) is 23.0 Å². The van der Waals surface area contributed by atoms with Crippen LogP contribution in [0.2, 0.25) is 0 Å². The molecule has 3 aromatic heterocycles. The molecular formula is C75H83BrN2O17. The number of methoxy groups -OCH3 is 2. The molecule has 0 fully saturated rings. The van der Waals surface area contributed by atoms with E-state index in [1.54, 1.807) is 18.2 Å². The number of nitro groups is 2. The van der Waals surface area contributed by atoms with Gasteiger partial charge in [0, 0.05) is 81.4 Å². The van der Waals surface area contributed by atoms with E-state index in [1.165, 1.54) is 69.2 Å². The van der Waals surface area contributed by atoms with Crippen LogP contribution in [0.15, 0.2) is 203 Å². The Morgan fingerprint density at radius 3 is 1.51 bits per heavy atom. The quantitative estimate of drug-likeness (QED) is 0.0336. The van der Waals surface area contributed by atoms with Gasteiger partial charge in [0.05, 0.1) is 46.2 Å². The molecule has 3 heterocycles. The standard InChI is InChI=1S/C15H14O.C14H11NO3.C11H9BrO3.C11H13NO6.C11H10O3.C9H10O.4CH4/c1-2-12-8-10-14(11-9-12)15(16)13-6-4-3-5-7-13;1-2-9-7-11-10-5-3-4-6-13(10)18-14(11)8-12(9)15(16)17;1-2-6-3-11(14)15-10-5-9(13)8(12)4-7(6)10;1-7(13)18-6-8-4-10(16-2)11(17-3)5-9(8)12(14)15;1-2-7-5-11(13)14-10-6-8(12)3-4-9(7)10;1-2-9(10)8-6-4-3-5-7-8;;;;/h3-11H,2H2,1H3;3-8H,2H2,1H3;3-5,13H,2H2,1H3;4-5H,6H2,1-3H3;3-6,12H,2H2,1H3;3-7H,2H2,1H3;4*1H4. The number of para-hydroxylation sites is 1. The molecule has 0 unspecified atom stereocenters. The maximum absolute atomic E-state index is 12.0. The van der Waals surface area contributed by atoms with Gasteiger partial charge < -0.3 is 37.7 Å². The summed E-state index contributed by atoms with van der Waals surface area (Å²) in [7, 11) is 2.80. The molecular weight excluding hydrogens is 1280 g/mol. The molecule has 0 saturated carbocycles. The SMILES string of the molecule is C.C.C.C.CCC(=O)c1ccccc1.CCc1cc(=O)oc2cc(O)c(Br)cc12.CCc1cc(=O)oc2cc(O)ccc12.CCc1cc2c(cc1[N+](=O)[O-])oc1ccccc12.CCc1ccc(C(=O)c2ccccc2)cc1.COc1cc(COC(C)=O)c([N+](=O)[O-])cc1OC. The summed E-state index contributed by atoms with van der Waals surface area (Å²) in [4.78, 5) is 77.1. The van der Waals surface area contributed by atoms with Gasteiger partial charge in [-0.15, -0.1) is 0 Å². The smallest absolute Gasteiger partial charge is 0.336 e. The van der Waals surface area contributed by atoms with Crippen molar-refractivity contribution in [2.75, 3.05) is 14.2 Å². The zero-order chi connectivity index (χ0) is 66.3. The van der Waals surface area contributed by atoms with E-state index in [4.69, 9.17) is 27.5 Å². The summed E-state index contributed by atoms with van der Waals surface area (Å²) in [5, 5.41) is 44.3. The van der Waals surface area contributed by atoms with Crippen molar-refractivity contribution in [1.29, 1.82) is 0 Å². The van der Waals surface area contributed by atoms with Crippen LogP contribution in [0.4, 0.5) is 11.4 Å². The lowest BCUT2D eigenvalue weighted by Crippen LogP contribution is -2.03. The maximum Gasteiger partial charge on any atom is 0.336 e. The van der Waals surface area contributed by atoms with E-state index in [0.29, 0.717) is 39.8 Å². The van der Waals surface area contributed by atoms with Gasteiger partial charge >= 0.3 is 17.2 Å². The number of furan rings is 1. The normalized spacial score (nSPS) is 9.91. The lowest BCUT2D eigenvalue weighted by atomic mass is 10.0. The van der Waals surface area contributed by atoms with Gasteiger partial charge in [-0.25, -0.2) is 9.59 Å². The predicted molar refractivity (Wildman–Crippen MR) is 380 cm³/mol. The van der Waals surface area contributed by atoms with Crippen molar-refractivity contribution < 1.29 is 61.9 Å². The zero-order valence-corrected chi connectivity index (χ0v) is 52.9. The summed E-state index contributed by atoms with van der Waals surface area (Å²) >= 11 is 3.23. The predicted octanol–water partition coefficient (Wildman–Crippen LogP) is 18.9. The Hall–Kier alpha value is -10.7. The second kappa shape index (κ2) is 39.0. The van der Waals surface area contributed by atoms with Crippen molar-refractivity contribution in [3.8, 4) is 23.0 Å². The third-order valence-corrected chi connectivity index (χ3v) is 14.6. The fourth-order valence-corrected chi connectivity index (χ4v) is 9.49. The van der Waals surface area contributed by atoms with Crippen LogP contribution in [-0.2, 0) is 41.8 Å². The van der Waals surface area contributed by atoms with E-state index in [-0.39, 0.29) is 98.2 Å².